The van der Waals surface area contributed by atoms with Crippen LogP contribution < -0.4 is 0 Å². The molecule has 1 unspecified atom stereocenters. The maximum absolute atomic E-state index is 13.4. The summed E-state index contributed by atoms with van der Waals surface area (Å²) in [6, 6.07) is 14.0. The first-order valence-electron chi connectivity index (χ1n) is 9.66. The summed E-state index contributed by atoms with van der Waals surface area (Å²) < 4.78 is 0. The number of thiazole rings is 1. The van der Waals surface area contributed by atoms with Gasteiger partial charge in [-0.1, -0.05) is 24.3 Å². The normalized spacial score (nSPS) is 15.7. The van der Waals surface area contributed by atoms with Crippen LogP contribution in [0.2, 0.25) is 0 Å². The highest BCUT2D eigenvalue weighted by molar-refractivity contribution is 7.13. The first kappa shape index (κ1) is 19.1. The first-order valence-corrected chi connectivity index (χ1v) is 10.5. The van der Waals surface area contributed by atoms with Crippen molar-refractivity contribution in [2.45, 2.75) is 12.5 Å². The largest absolute Gasteiger partial charge is 0.508 e. The number of pyridine rings is 2. The van der Waals surface area contributed by atoms with Crippen LogP contribution in [0.5, 0.6) is 5.75 Å². The van der Waals surface area contributed by atoms with Crippen molar-refractivity contribution in [3.8, 4) is 16.3 Å². The highest BCUT2D eigenvalue weighted by atomic mass is 32.1. The highest BCUT2D eigenvalue weighted by Gasteiger charge is 2.36. The van der Waals surface area contributed by atoms with Crippen molar-refractivity contribution in [2.75, 3.05) is 0 Å². The summed E-state index contributed by atoms with van der Waals surface area (Å²) in [5.74, 6) is -0.194. The van der Waals surface area contributed by atoms with Crippen LogP contribution in [0.1, 0.15) is 34.1 Å². The molecule has 1 aromatic carbocycles. The number of carbonyl (C=O) groups is 1. The predicted molar refractivity (Wildman–Crippen MR) is 118 cm³/mol. The molecule has 1 aliphatic heterocycles. The second-order valence-electron chi connectivity index (χ2n) is 7.00. The van der Waals surface area contributed by atoms with Gasteiger partial charge in [-0.3, -0.25) is 14.8 Å². The van der Waals surface area contributed by atoms with E-state index in [1.807, 2.05) is 36.4 Å². The molecule has 8 heteroatoms. The molecule has 1 N–H and O–H groups in total. The molecule has 0 saturated carbocycles. The quantitative estimate of drug-likeness (QED) is 0.524. The van der Waals surface area contributed by atoms with E-state index in [-0.39, 0.29) is 11.7 Å². The molecule has 1 atom stereocenters. The van der Waals surface area contributed by atoms with Crippen molar-refractivity contribution in [3.05, 3.63) is 95.5 Å². The van der Waals surface area contributed by atoms with Crippen molar-refractivity contribution in [1.29, 1.82) is 0 Å². The summed E-state index contributed by atoms with van der Waals surface area (Å²) in [4.78, 5) is 26.2. The van der Waals surface area contributed by atoms with Gasteiger partial charge in [0.2, 0.25) is 0 Å². The number of hydrazone groups is 1. The van der Waals surface area contributed by atoms with E-state index in [0.29, 0.717) is 22.7 Å². The lowest BCUT2D eigenvalue weighted by atomic mass is 9.98. The van der Waals surface area contributed by atoms with Gasteiger partial charge in [0.05, 0.1) is 11.8 Å². The van der Waals surface area contributed by atoms with Gasteiger partial charge < -0.3 is 5.11 Å². The minimum Gasteiger partial charge on any atom is -0.508 e. The molecule has 0 saturated heterocycles. The SMILES string of the molecule is O=C(c1csc(-c2cccnc2)n1)N1N=C(c2cccnc2)CC1c1ccccc1O. The summed E-state index contributed by atoms with van der Waals surface area (Å²) in [7, 11) is 0. The first-order chi connectivity index (χ1) is 15.2. The Morgan fingerprint density at radius 2 is 1.74 bits per heavy atom. The topological polar surface area (TPSA) is 91.6 Å². The lowest BCUT2D eigenvalue weighted by molar-refractivity contribution is 0.0704. The Kier molecular flexibility index (Phi) is 4.97. The molecule has 0 aliphatic carbocycles. The number of benzene rings is 1. The van der Waals surface area contributed by atoms with Crippen molar-refractivity contribution in [2.24, 2.45) is 5.10 Å². The van der Waals surface area contributed by atoms with Crippen LogP contribution in [0, 0.1) is 0 Å². The number of amides is 1. The summed E-state index contributed by atoms with van der Waals surface area (Å²) in [5, 5.41) is 18.9. The van der Waals surface area contributed by atoms with Gasteiger partial charge >= 0.3 is 0 Å². The van der Waals surface area contributed by atoms with Crippen molar-refractivity contribution < 1.29 is 9.90 Å². The van der Waals surface area contributed by atoms with E-state index in [0.717, 1.165) is 16.8 Å². The van der Waals surface area contributed by atoms with Crippen molar-refractivity contribution in [1.82, 2.24) is 20.0 Å². The van der Waals surface area contributed by atoms with Gasteiger partial charge in [-0.05, 0) is 24.3 Å². The Morgan fingerprint density at radius 1 is 1.00 bits per heavy atom. The zero-order chi connectivity index (χ0) is 21.2. The monoisotopic (exact) mass is 427 g/mol. The van der Waals surface area contributed by atoms with Crippen molar-refractivity contribution >= 4 is 23.0 Å². The van der Waals surface area contributed by atoms with Crippen LogP contribution in [0.15, 0.2) is 83.8 Å². The average Bonchev–Trinajstić information content (AvgIpc) is 3.48. The smallest absolute Gasteiger partial charge is 0.294 e. The minimum absolute atomic E-state index is 0.127. The highest BCUT2D eigenvalue weighted by Crippen LogP contribution is 2.38. The number of phenols is 1. The van der Waals surface area contributed by atoms with Crippen LogP contribution in [-0.2, 0) is 0 Å². The molecule has 5 rings (SSSR count). The third-order valence-corrected chi connectivity index (χ3v) is 5.93. The Balaban J connectivity index is 1.52. The minimum atomic E-state index is -0.438. The molecule has 0 fully saturated rings. The number of hydrogen-bond donors (Lipinski definition) is 1. The Labute approximate surface area is 182 Å². The van der Waals surface area contributed by atoms with Gasteiger partial charge in [0.25, 0.3) is 5.91 Å². The molecular formula is C23H17N5O2S. The van der Waals surface area contributed by atoms with Gasteiger partial charge in [-0.2, -0.15) is 5.10 Å². The Morgan fingerprint density at radius 3 is 2.45 bits per heavy atom. The summed E-state index contributed by atoms with van der Waals surface area (Å²) in [6.07, 6.45) is 7.29. The molecule has 4 aromatic rings. The third kappa shape index (κ3) is 3.69. The molecule has 152 valence electrons. The van der Waals surface area contributed by atoms with Crippen LogP contribution in [0.25, 0.3) is 10.6 Å². The summed E-state index contributed by atoms with van der Waals surface area (Å²) >= 11 is 1.38. The van der Waals surface area contributed by atoms with Crippen LogP contribution >= 0.6 is 11.3 Å². The fourth-order valence-electron chi connectivity index (χ4n) is 3.53. The Bertz CT molecular complexity index is 1260. The Hall–Kier alpha value is -3.91. The van der Waals surface area contributed by atoms with Gasteiger partial charge in [-0.15, -0.1) is 11.3 Å². The van der Waals surface area contributed by atoms with Crippen LogP contribution in [-0.4, -0.2) is 36.7 Å². The number of carbonyl (C=O) groups excluding carboxylic acids is 1. The zero-order valence-electron chi connectivity index (χ0n) is 16.3. The second kappa shape index (κ2) is 8.08. The lowest BCUT2D eigenvalue weighted by Gasteiger charge is -2.22. The molecule has 7 nitrogen and oxygen atoms in total. The number of hydrogen-bond acceptors (Lipinski definition) is 7. The summed E-state index contributed by atoms with van der Waals surface area (Å²) in [5.41, 5.74) is 3.37. The summed E-state index contributed by atoms with van der Waals surface area (Å²) in [6.45, 7) is 0. The van der Waals surface area contributed by atoms with E-state index >= 15 is 0 Å². The fraction of sp³-hybridized carbons (Fsp3) is 0.0870. The molecule has 1 amide bonds. The standard InChI is InChI=1S/C23H17N5O2S/c29-21-8-2-1-7-17(21)20-11-18(15-5-3-9-24-12-15)27-28(20)23(30)19-14-31-22(26-19)16-6-4-10-25-13-16/h1-10,12-14,20,29H,11H2. The third-order valence-electron chi connectivity index (χ3n) is 5.04. The lowest BCUT2D eigenvalue weighted by Crippen LogP contribution is -2.27. The van der Waals surface area contributed by atoms with Crippen LogP contribution in [0.4, 0.5) is 0 Å². The predicted octanol–water partition coefficient (Wildman–Crippen LogP) is 4.30. The number of aromatic hydroxyl groups is 1. The maximum atomic E-state index is 13.4. The molecule has 0 bridgehead atoms. The van der Waals surface area contributed by atoms with Gasteiger partial charge in [-0.25, -0.2) is 9.99 Å². The van der Waals surface area contributed by atoms with Gasteiger partial charge in [0, 0.05) is 53.3 Å². The van der Waals surface area contributed by atoms with E-state index < -0.39 is 6.04 Å². The fourth-order valence-corrected chi connectivity index (χ4v) is 4.31. The molecule has 0 spiro atoms. The number of aromatic nitrogens is 3. The molecule has 31 heavy (non-hydrogen) atoms. The molecule has 0 radical (unpaired) electrons. The molecule has 1 aliphatic rings. The number of para-hydroxylation sites is 1. The molecule has 4 heterocycles. The van der Waals surface area contributed by atoms with E-state index in [2.05, 4.69) is 20.1 Å². The zero-order valence-corrected chi connectivity index (χ0v) is 17.1. The van der Waals surface area contributed by atoms with Crippen molar-refractivity contribution in [3.63, 3.8) is 0 Å². The maximum Gasteiger partial charge on any atom is 0.294 e. The van der Waals surface area contributed by atoms with Gasteiger partial charge in [0.15, 0.2) is 0 Å². The number of phenolic OH excluding ortho intramolecular Hbond substituents is 1. The average molecular weight is 427 g/mol. The number of rotatable bonds is 4. The van der Waals surface area contributed by atoms with E-state index in [1.54, 1.807) is 42.3 Å². The van der Waals surface area contributed by atoms with E-state index in [9.17, 15) is 9.90 Å². The second-order valence-corrected chi connectivity index (χ2v) is 7.85. The van der Waals surface area contributed by atoms with Gasteiger partial charge in [0.1, 0.15) is 16.5 Å². The van der Waals surface area contributed by atoms with E-state index in [4.69, 9.17) is 0 Å². The van der Waals surface area contributed by atoms with Crippen LogP contribution in [0.3, 0.4) is 0 Å². The number of nitrogens with zero attached hydrogens (tertiary/aromatic N) is 5. The van der Waals surface area contributed by atoms with E-state index in [1.165, 1.54) is 16.3 Å². The molecular weight excluding hydrogens is 410 g/mol. The molecule has 3 aromatic heterocycles.